The third-order valence-corrected chi connectivity index (χ3v) is 5.79. The van der Waals surface area contributed by atoms with E-state index in [4.69, 9.17) is 4.74 Å². The third kappa shape index (κ3) is 4.78. The van der Waals surface area contributed by atoms with Gasteiger partial charge in [-0.05, 0) is 50.5 Å². The van der Waals surface area contributed by atoms with Crippen LogP contribution >= 0.6 is 0 Å². The smallest absolute Gasteiger partial charge is 0.339 e. The summed E-state index contributed by atoms with van der Waals surface area (Å²) in [6.45, 7) is 6.85. The fourth-order valence-electron chi connectivity index (χ4n) is 4.17. The topological polar surface area (TPSA) is 78.9 Å². The van der Waals surface area contributed by atoms with Gasteiger partial charge in [-0.15, -0.1) is 0 Å². The molecule has 2 fully saturated rings. The average Bonchev–Trinajstić information content (AvgIpc) is 3.23. The van der Waals surface area contributed by atoms with Crippen LogP contribution in [-0.4, -0.2) is 72.6 Å². The highest BCUT2D eigenvalue weighted by atomic mass is 16.5. The number of carbonyl (C=O) groups excluding carboxylic acids is 2. The Morgan fingerprint density at radius 1 is 0.935 bits per heavy atom. The van der Waals surface area contributed by atoms with Gasteiger partial charge < -0.3 is 19.4 Å². The number of nitrogens with zero attached hydrogens (tertiary/aromatic N) is 5. The van der Waals surface area contributed by atoms with Crippen LogP contribution in [0, 0.1) is 0 Å². The van der Waals surface area contributed by atoms with Crippen LogP contribution in [0.5, 0.6) is 0 Å². The van der Waals surface area contributed by atoms with E-state index in [0.29, 0.717) is 37.4 Å². The number of ether oxygens (including phenoxy) is 1. The predicted octanol–water partition coefficient (Wildman–Crippen LogP) is 2.61. The van der Waals surface area contributed by atoms with Gasteiger partial charge in [0.15, 0.2) is 0 Å². The molecule has 2 saturated heterocycles. The molecule has 0 unspecified atom stereocenters. The van der Waals surface area contributed by atoms with E-state index in [2.05, 4.69) is 19.8 Å². The molecule has 8 nitrogen and oxygen atoms in total. The first-order chi connectivity index (χ1) is 15.2. The Morgan fingerprint density at radius 3 is 2.48 bits per heavy atom. The fourth-order valence-corrected chi connectivity index (χ4v) is 4.17. The highest BCUT2D eigenvalue weighted by molar-refractivity contribution is 5.99. The van der Waals surface area contributed by atoms with Crippen molar-refractivity contribution in [2.45, 2.75) is 26.2 Å². The Labute approximate surface area is 182 Å². The Morgan fingerprint density at radius 2 is 1.74 bits per heavy atom. The molecule has 164 valence electrons. The highest BCUT2D eigenvalue weighted by Gasteiger charge is 2.26. The molecule has 4 heterocycles. The number of amides is 1. The van der Waals surface area contributed by atoms with Gasteiger partial charge in [0.2, 0.25) is 0 Å². The molecule has 2 aromatic heterocycles. The molecule has 0 aromatic carbocycles. The second kappa shape index (κ2) is 9.76. The minimum absolute atomic E-state index is 0.0440. The summed E-state index contributed by atoms with van der Waals surface area (Å²) in [5, 5.41) is 0. The maximum Gasteiger partial charge on any atom is 0.339 e. The lowest BCUT2D eigenvalue weighted by Gasteiger charge is -2.25. The zero-order valence-electron chi connectivity index (χ0n) is 18.0. The summed E-state index contributed by atoms with van der Waals surface area (Å²) in [7, 11) is 0. The molecule has 0 spiro atoms. The fraction of sp³-hybridized carbons (Fsp3) is 0.478. The molecule has 31 heavy (non-hydrogen) atoms. The molecule has 4 rings (SSSR count). The normalized spacial score (nSPS) is 16.9. The molecule has 2 aliphatic rings. The van der Waals surface area contributed by atoms with Gasteiger partial charge >= 0.3 is 5.97 Å². The van der Waals surface area contributed by atoms with E-state index in [-0.39, 0.29) is 11.9 Å². The summed E-state index contributed by atoms with van der Waals surface area (Å²) in [4.78, 5) is 40.4. The number of hydrogen-bond donors (Lipinski definition) is 0. The molecule has 2 aliphatic heterocycles. The molecule has 1 amide bonds. The molecule has 0 radical (unpaired) electrons. The number of anilines is 2. The van der Waals surface area contributed by atoms with Gasteiger partial charge in [0, 0.05) is 51.7 Å². The van der Waals surface area contributed by atoms with Gasteiger partial charge in [-0.2, -0.15) is 0 Å². The van der Waals surface area contributed by atoms with Crippen molar-refractivity contribution in [3.05, 3.63) is 47.8 Å². The molecule has 0 bridgehead atoms. The van der Waals surface area contributed by atoms with Crippen molar-refractivity contribution in [3.63, 3.8) is 0 Å². The summed E-state index contributed by atoms with van der Waals surface area (Å²) in [6.07, 6.45) is 6.46. The number of pyridine rings is 2. The van der Waals surface area contributed by atoms with Crippen LogP contribution < -0.4 is 9.80 Å². The van der Waals surface area contributed by atoms with Crippen LogP contribution in [0.25, 0.3) is 0 Å². The number of hydrogen-bond acceptors (Lipinski definition) is 7. The molecule has 0 N–H and O–H groups in total. The minimum Gasteiger partial charge on any atom is -0.462 e. The van der Waals surface area contributed by atoms with Crippen LogP contribution in [0.15, 0.2) is 36.7 Å². The van der Waals surface area contributed by atoms with Gasteiger partial charge in [0.25, 0.3) is 5.91 Å². The molecule has 2 aromatic rings. The van der Waals surface area contributed by atoms with Gasteiger partial charge in [-0.3, -0.25) is 4.79 Å². The van der Waals surface area contributed by atoms with Crippen molar-refractivity contribution in [1.82, 2.24) is 14.9 Å². The Balaban J connectivity index is 1.43. The van der Waals surface area contributed by atoms with Crippen molar-refractivity contribution < 1.29 is 14.3 Å². The second-order valence-corrected chi connectivity index (χ2v) is 7.83. The lowest BCUT2D eigenvalue weighted by atomic mass is 10.2. The Kier molecular flexibility index (Phi) is 6.64. The van der Waals surface area contributed by atoms with Crippen LogP contribution in [-0.2, 0) is 4.74 Å². The summed E-state index contributed by atoms with van der Waals surface area (Å²) in [5.41, 5.74) is 1.14. The minimum atomic E-state index is -0.362. The zero-order chi connectivity index (χ0) is 21.6. The van der Waals surface area contributed by atoms with Crippen molar-refractivity contribution in [3.8, 4) is 0 Å². The number of aromatic nitrogens is 2. The molecule has 8 heteroatoms. The van der Waals surface area contributed by atoms with Gasteiger partial charge in [-0.1, -0.05) is 0 Å². The van der Waals surface area contributed by atoms with E-state index in [9.17, 15) is 9.59 Å². The average molecular weight is 424 g/mol. The second-order valence-electron chi connectivity index (χ2n) is 7.83. The lowest BCUT2D eigenvalue weighted by Crippen LogP contribution is -2.36. The largest absolute Gasteiger partial charge is 0.462 e. The van der Waals surface area contributed by atoms with Crippen molar-refractivity contribution >= 4 is 23.5 Å². The molecule has 0 atom stereocenters. The Bertz CT molecular complexity index is 912. The van der Waals surface area contributed by atoms with E-state index in [0.717, 1.165) is 50.5 Å². The van der Waals surface area contributed by atoms with Crippen LogP contribution in [0.4, 0.5) is 11.6 Å². The van der Waals surface area contributed by atoms with Gasteiger partial charge in [0.05, 0.1) is 17.7 Å². The summed E-state index contributed by atoms with van der Waals surface area (Å²) >= 11 is 0. The van der Waals surface area contributed by atoms with Crippen molar-refractivity contribution in [2.24, 2.45) is 0 Å². The first-order valence-corrected chi connectivity index (χ1v) is 11.0. The molecular weight excluding hydrogens is 394 g/mol. The first kappa shape index (κ1) is 21.1. The van der Waals surface area contributed by atoms with Gasteiger partial charge in [-0.25, -0.2) is 14.8 Å². The van der Waals surface area contributed by atoms with Crippen molar-refractivity contribution in [2.75, 3.05) is 55.7 Å². The van der Waals surface area contributed by atoms with Gasteiger partial charge in [0.1, 0.15) is 11.6 Å². The molecule has 0 aliphatic carbocycles. The SMILES string of the molecule is CCOC(=O)c1ccc(N2CCCN(C(=O)c3cccnc3N3CCCC3)CC2)nc1. The zero-order valence-corrected chi connectivity index (χ0v) is 18.0. The quantitative estimate of drug-likeness (QED) is 0.684. The first-order valence-electron chi connectivity index (χ1n) is 11.0. The maximum atomic E-state index is 13.3. The van der Waals surface area contributed by atoms with Crippen LogP contribution in [0.1, 0.15) is 46.9 Å². The highest BCUT2D eigenvalue weighted by Crippen LogP contribution is 2.24. The Hall–Kier alpha value is -3.16. The molecular formula is C23H29N5O3. The monoisotopic (exact) mass is 423 g/mol. The van der Waals surface area contributed by atoms with Crippen molar-refractivity contribution in [1.29, 1.82) is 0 Å². The lowest BCUT2D eigenvalue weighted by molar-refractivity contribution is 0.0525. The molecule has 0 saturated carbocycles. The van der Waals surface area contributed by atoms with E-state index >= 15 is 0 Å². The maximum absolute atomic E-state index is 13.3. The van der Waals surface area contributed by atoms with Crippen LogP contribution in [0.2, 0.25) is 0 Å². The standard InChI is InChI=1S/C23H29N5O3/c1-2-31-23(30)18-8-9-20(25-17-18)26-13-6-14-28(16-15-26)22(29)19-7-5-10-24-21(19)27-11-3-4-12-27/h5,7-10,17H,2-4,6,11-16H2,1H3. The van der Waals surface area contributed by atoms with E-state index in [1.54, 1.807) is 25.4 Å². The summed E-state index contributed by atoms with van der Waals surface area (Å²) in [5.74, 6) is 1.30. The van der Waals surface area contributed by atoms with E-state index in [1.807, 2.05) is 23.1 Å². The van der Waals surface area contributed by atoms with Crippen LogP contribution in [0.3, 0.4) is 0 Å². The predicted molar refractivity (Wildman–Crippen MR) is 119 cm³/mol. The summed E-state index contributed by atoms with van der Waals surface area (Å²) in [6, 6.07) is 7.32. The van der Waals surface area contributed by atoms with E-state index in [1.165, 1.54) is 0 Å². The summed E-state index contributed by atoms with van der Waals surface area (Å²) < 4.78 is 5.02. The third-order valence-electron chi connectivity index (χ3n) is 5.79. The number of carbonyl (C=O) groups is 2. The number of esters is 1. The van der Waals surface area contributed by atoms with E-state index < -0.39 is 0 Å². The number of rotatable bonds is 5.